The SMILES string of the molecule is CCC1(C)CC(C#N)(NCc2ccccc2)CCO1. The topological polar surface area (TPSA) is 45.0 Å². The zero-order valence-electron chi connectivity index (χ0n) is 11.8. The molecule has 1 heterocycles. The third-order valence-corrected chi connectivity index (χ3v) is 4.09. The number of benzene rings is 1. The van der Waals surface area contributed by atoms with Crippen LogP contribution in [-0.2, 0) is 11.3 Å². The van der Waals surface area contributed by atoms with Crippen LogP contribution in [0.5, 0.6) is 0 Å². The average molecular weight is 258 g/mol. The molecular weight excluding hydrogens is 236 g/mol. The van der Waals surface area contributed by atoms with E-state index < -0.39 is 5.54 Å². The first-order valence-electron chi connectivity index (χ1n) is 6.96. The maximum Gasteiger partial charge on any atom is 0.111 e. The first-order chi connectivity index (χ1) is 9.11. The number of rotatable bonds is 4. The highest BCUT2D eigenvalue weighted by atomic mass is 16.5. The summed E-state index contributed by atoms with van der Waals surface area (Å²) in [6.07, 6.45) is 2.44. The Morgan fingerprint density at radius 1 is 1.37 bits per heavy atom. The molecule has 1 fully saturated rings. The van der Waals surface area contributed by atoms with Crippen LogP contribution in [0.15, 0.2) is 30.3 Å². The Balaban J connectivity index is 2.05. The van der Waals surface area contributed by atoms with Gasteiger partial charge in [0.2, 0.25) is 0 Å². The Bertz CT molecular complexity index is 454. The molecule has 0 aliphatic carbocycles. The van der Waals surface area contributed by atoms with Gasteiger partial charge in [-0.2, -0.15) is 5.26 Å². The van der Waals surface area contributed by atoms with E-state index in [1.807, 2.05) is 18.2 Å². The smallest absolute Gasteiger partial charge is 0.111 e. The summed E-state index contributed by atoms with van der Waals surface area (Å²) in [6.45, 7) is 5.60. The standard InChI is InChI=1S/C16H22N2O/c1-3-15(2)12-16(13-17,9-10-19-15)18-11-14-7-5-4-6-8-14/h4-8,18H,3,9-12H2,1-2H3. The van der Waals surface area contributed by atoms with E-state index in [0.29, 0.717) is 6.61 Å². The minimum Gasteiger partial charge on any atom is -0.375 e. The van der Waals surface area contributed by atoms with Gasteiger partial charge in [-0.25, -0.2) is 0 Å². The van der Waals surface area contributed by atoms with Crippen molar-refractivity contribution in [2.24, 2.45) is 0 Å². The zero-order valence-corrected chi connectivity index (χ0v) is 11.8. The summed E-state index contributed by atoms with van der Waals surface area (Å²) in [5.41, 5.74) is 0.568. The molecule has 1 aromatic rings. The first kappa shape index (κ1) is 14.0. The summed E-state index contributed by atoms with van der Waals surface area (Å²) in [5, 5.41) is 13.0. The van der Waals surface area contributed by atoms with Gasteiger partial charge in [0.15, 0.2) is 0 Å². The van der Waals surface area contributed by atoms with Crippen molar-refractivity contribution in [2.75, 3.05) is 6.61 Å². The van der Waals surface area contributed by atoms with Crippen LogP contribution in [-0.4, -0.2) is 17.7 Å². The molecule has 0 bridgehead atoms. The molecule has 1 aliphatic rings. The van der Waals surface area contributed by atoms with Crippen LogP contribution in [0.1, 0.15) is 38.7 Å². The van der Waals surface area contributed by atoms with Crippen molar-refractivity contribution in [3.8, 4) is 6.07 Å². The van der Waals surface area contributed by atoms with Crippen molar-refractivity contribution in [3.05, 3.63) is 35.9 Å². The van der Waals surface area contributed by atoms with Gasteiger partial charge in [0.05, 0.1) is 18.3 Å². The Kier molecular flexibility index (Phi) is 4.24. The molecule has 0 amide bonds. The van der Waals surface area contributed by atoms with E-state index in [1.165, 1.54) is 5.56 Å². The summed E-state index contributed by atoms with van der Waals surface area (Å²) in [6, 6.07) is 12.7. The molecular formula is C16H22N2O. The molecule has 1 aliphatic heterocycles. The quantitative estimate of drug-likeness (QED) is 0.903. The van der Waals surface area contributed by atoms with E-state index in [9.17, 15) is 5.26 Å². The van der Waals surface area contributed by atoms with E-state index >= 15 is 0 Å². The monoisotopic (exact) mass is 258 g/mol. The lowest BCUT2D eigenvalue weighted by atomic mass is 9.80. The van der Waals surface area contributed by atoms with E-state index in [-0.39, 0.29) is 5.60 Å². The van der Waals surface area contributed by atoms with Crippen LogP contribution in [0, 0.1) is 11.3 Å². The number of nitrogens with one attached hydrogen (secondary N) is 1. The largest absolute Gasteiger partial charge is 0.375 e. The van der Waals surface area contributed by atoms with Gasteiger partial charge in [-0.15, -0.1) is 0 Å². The second-order valence-electron chi connectivity index (χ2n) is 5.61. The van der Waals surface area contributed by atoms with Crippen LogP contribution >= 0.6 is 0 Å². The summed E-state index contributed by atoms with van der Waals surface area (Å²) >= 11 is 0. The van der Waals surface area contributed by atoms with E-state index in [4.69, 9.17) is 4.74 Å². The Labute approximate surface area is 115 Å². The van der Waals surface area contributed by atoms with Crippen molar-refractivity contribution in [2.45, 2.75) is 50.8 Å². The summed E-state index contributed by atoms with van der Waals surface area (Å²) in [7, 11) is 0. The van der Waals surface area contributed by atoms with Crippen molar-refractivity contribution in [1.29, 1.82) is 5.26 Å². The third-order valence-electron chi connectivity index (χ3n) is 4.09. The van der Waals surface area contributed by atoms with Crippen LogP contribution in [0.2, 0.25) is 0 Å². The number of ether oxygens (including phenoxy) is 1. The van der Waals surface area contributed by atoms with Gasteiger partial charge < -0.3 is 4.74 Å². The molecule has 0 aromatic heterocycles. The zero-order chi connectivity index (χ0) is 13.8. The van der Waals surface area contributed by atoms with Crippen molar-refractivity contribution in [1.82, 2.24) is 5.32 Å². The lowest BCUT2D eigenvalue weighted by Crippen LogP contribution is -2.54. The second-order valence-corrected chi connectivity index (χ2v) is 5.61. The first-order valence-corrected chi connectivity index (χ1v) is 6.96. The fraction of sp³-hybridized carbons (Fsp3) is 0.562. The van der Waals surface area contributed by atoms with Gasteiger partial charge in [-0.3, -0.25) is 5.32 Å². The molecule has 1 N–H and O–H groups in total. The molecule has 0 spiro atoms. The molecule has 2 atom stereocenters. The van der Waals surface area contributed by atoms with Gasteiger partial charge >= 0.3 is 0 Å². The maximum atomic E-state index is 9.58. The molecule has 0 radical (unpaired) electrons. The minimum absolute atomic E-state index is 0.183. The number of hydrogen-bond acceptors (Lipinski definition) is 3. The molecule has 2 unspecified atom stereocenters. The van der Waals surface area contributed by atoms with Crippen molar-refractivity contribution in [3.63, 3.8) is 0 Å². The average Bonchev–Trinajstić information content (AvgIpc) is 2.46. The molecule has 102 valence electrons. The molecule has 2 rings (SSSR count). The van der Waals surface area contributed by atoms with Crippen LogP contribution < -0.4 is 5.32 Å². The maximum absolute atomic E-state index is 9.58. The predicted octanol–water partition coefficient (Wildman–Crippen LogP) is 3.02. The lowest BCUT2D eigenvalue weighted by Gasteiger charge is -2.42. The van der Waals surface area contributed by atoms with Crippen molar-refractivity contribution >= 4 is 0 Å². The molecule has 19 heavy (non-hydrogen) atoms. The summed E-state index contributed by atoms with van der Waals surface area (Å²) in [4.78, 5) is 0. The lowest BCUT2D eigenvalue weighted by molar-refractivity contribution is -0.0906. The number of nitrogens with zero attached hydrogens (tertiary/aromatic N) is 1. The highest BCUT2D eigenvalue weighted by molar-refractivity contribution is 5.17. The molecule has 3 heteroatoms. The fourth-order valence-electron chi connectivity index (χ4n) is 2.63. The fourth-order valence-corrected chi connectivity index (χ4v) is 2.63. The Morgan fingerprint density at radius 3 is 2.74 bits per heavy atom. The number of hydrogen-bond donors (Lipinski definition) is 1. The van der Waals surface area contributed by atoms with Gasteiger partial charge in [-0.05, 0) is 18.9 Å². The highest BCUT2D eigenvalue weighted by Crippen LogP contribution is 2.34. The summed E-state index contributed by atoms with van der Waals surface area (Å²) in [5.74, 6) is 0. The highest BCUT2D eigenvalue weighted by Gasteiger charge is 2.42. The molecule has 1 aromatic carbocycles. The van der Waals surface area contributed by atoms with Crippen LogP contribution in [0.3, 0.4) is 0 Å². The molecule has 0 saturated carbocycles. The Morgan fingerprint density at radius 2 is 2.11 bits per heavy atom. The van der Waals surface area contributed by atoms with E-state index in [0.717, 1.165) is 25.8 Å². The van der Waals surface area contributed by atoms with Gasteiger partial charge in [-0.1, -0.05) is 37.3 Å². The summed E-state index contributed by atoms with van der Waals surface area (Å²) < 4.78 is 5.83. The third kappa shape index (κ3) is 3.34. The number of nitriles is 1. The van der Waals surface area contributed by atoms with Crippen molar-refractivity contribution < 1.29 is 4.74 Å². The van der Waals surface area contributed by atoms with Crippen LogP contribution in [0.4, 0.5) is 0 Å². The Hall–Kier alpha value is -1.37. The second kappa shape index (κ2) is 5.73. The van der Waals surface area contributed by atoms with Gasteiger partial charge in [0.25, 0.3) is 0 Å². The van der Waals surface area contributed by atoms with Crippen LogP contribution in [0.25, 0.3) is 0 Å². The predicted molar refractivity (Wildman–Crippen MR) is 75.5 cm³/mol. The van der Waals surface area contributed by atoms with Gasteiger partial charge in [0, 0.05) is 19.4 Å². The van der Waals surface area contributed by atoms with E-state index in [2.05, 4.69) is 37.4 Å². The molecule has 1 saturated heterocycles. The minimum atomic E-state index is -0.459. The molecule has 3 nitrogen and oxygen atoms in total. The normalized spacial score (nSPS) is 30.8. The van der Waals surface area contributed by atoms with E-state index in [1.54, 1.807) is 0 Å². The van der Waals surface area contributed by atoms with Gasteiger partial charge in [0.1, 0.15) is 5.54 Å².